The summed E-state index contributed by atoms with van der Waals surface area (Å²) in [5.74, 6) is 1.35. The Balaban J connectivity index is 2.17. The van der Waals surface area contributed by atoms with Crippen molar-refractivity contribution in [3.05, 3.63) is 47.2 Å². The number of aryl methyl sites for hydroxylation is 3. The van der Waals surface area contributed by atoms with Gasteiger partial charge in [0.25, 0.3) is 0 Å². The fourth-order valence-corrected chi connectivity index (χ4v) is 1.66. The van der Waals surface area contributed by atoms with E-state index in [4.69, 9.17) is 4.42 Å². The highest BCUT2D eigenvalue weighted by molar-refractivity contribution is 6.07. The summed E-state index contributed by atoms with van der Waals surface area (Å²) in [7, 11) is 1.84. The van der Waals surface area contributed by atoms with E-state index in [2.05, 4.69) is 5.10 Å². The number of hydrogen-bond donors (Lipinski definition) is 0. The first-order valence-electron chi connectivity index (χ1n) is 5.34. The zero-order valence-corrected chi connectivity index (χ0v) is 10.1. The lowest BCUT2D eigenvalue weighted by Crippen LogP contribution is -1.93. The maximum Gasteiger partial charge on any atom is 0.189 e. The van der Waals surface area contributed by atoms with Crippen LogP contribution in [0.25, 0.3) is 6.08 Å². The van der Waals surface area contributed by atoms with Gasteiger partial charge in [0.15, 0.2) is 5.78 Å². The first kappa shape index (κ1) is 11.4. The molecule has 0 saturated carbocycles. The smallest absolute Gasteiger partial charge is 0.189 e. The average molecular weight is 230 g/mol. The molecular formula is C13H14N2O2. The van der Waals surface area contributed by atoms with Gasteiger partial charge in [0.05, 0.1) is 11.8 Å². The van der Waals surface area contributed by atoms with E-state index in [-0.39, 0.29) is 5.78 Å². The van der Waals surface area contributed by atoms with Gasteiger partial charge in [0, 0.05) is 18.8 Å². The molecule has 0 unspecified atom stereocenters. The van der Waals surface area contributed by atoms with Crippen molar-refractivity contribution < 1.29 is 9.21 Å². The van der Waals surface area contributed by atoms with Gasteiger partial charge in [-0.1, -0.05) is 0 Å². The molecule has 0 spiro atoms. The Morgan fingerprint density at radius 3 is 2.76 bits per heavy atom. The van der Waals surface area contributed by atoms with Gasteiger partial charge in [0.1, 0.15) is 11.5 Å². The molecule has 4 nitrogen and oxygen atoms in total. The zero-order chi connectivity index (χ0) is 12.4. The molecule has 0 aliphatic rings. The normalized spacial score (nSPS) is 11.2. The molecule has 0 amide bonds. The molecule has 2 aromatic heterocycles. The second-order valence-corrected chi connectivity index (χ2v) is 3.97. The van der Waals surface area contributed by atoms with Gasteiger partial charge < -0.3 is 4.42 Å². The maximum absolute atomic E-state index is 11.9. The number of ketones is 1. The maximum atomic E-state index is 11.9. The highest BCUT2D eigenvalue weighted by Crippen LogP contribution is 2.15. The third-order valence-electron chi connectivity index (χ3n) is 2.46. The van der Waals surface area contributed by atoms with E-state index in [1.54, 1.807) is 29.9 Å². The second kappa shape index (κ2) is 4.41. The predicted molar refractivity (Wildman–Crippen MR) is 64.8 cm³/mol. The van der Waals surface area contributed by atoms with Gasteiger partial charge in [-0.2, -0.15) is 5.10 Å². The Bertz CT molecular complexity index is 576. The van der Waals surface area contributed by atoms with Crippen LogP contribution < -0.4 is 0 Å². The molecule has 2 heterocycles. The number of carbonyl (C=O) groups is 1. The minimum Gasteiger partial charge on any atom is -0.466 e. The first-order chi connectivity index (χ1) is 8.06. The molecule has 4 heteroatoms. The van der Waals surface area contributed by atoms with Crippen LogP contribution in [0.15, 0.2) is 29.0 Å². The molecule has 0 bridgehead atoms. The number of aromatic nitrogens is 2. The summed E-state index contributed by atoms with van der Waals surface area (Å²) in [4.78, 5) is 11.9. The van der Waals surface area contributed by atoms with E-state index < -0.39 is 0 Å². The van der Waals surface area contributed by atoms with E-state index in [9.17, 15) is 4.79 Å². The molecule has 2 aromatic rings. The van der Waals surface area contributed by atoms with E-state index >= 15 is 0 Å². The van der Waals surface area contributed by atoms with Crippen molar-refractivity contribution in [3.63, 3.8) is 0 Å². The highest BCUT2D eigenvalue weighted by atomic mass is 16.3. The van der Waals surface area contributed by atoms with Crippen molar-refractivity contribution in [1.29, 1.82) is 0 Å². The number of furan rings is 1. The van der Waals surface area contributed by atoms with Crippen LogP contribution in [0.1, 0.15) is 27.4 Å². The molecule has 0 aromatic carbocycles. The van der Waals surface area contributed by atoms with Gasteiger partial charge in [-0.25, -0.2) is 0 Å². The summed E-state index contributed by atoms with van der Waals surface area (Å²) in [6.07, 6.45) is 6.83. The first-order valence-corrected chi connectivity index (χ1v) is 5.34. The van der Waals surface area contributed by atoms with Gasteiger partial charge in [-0.05, 0) is 32.1 Å². The van der Waals surface area contributed by atoms with Gasteiger partial charge in [0.2, 0.25) is 0 Å². The summed E-state index contributed by atoms with van der Waals surface area (Å²) >= 11 is 0. The summed E-state index contributed by atoms with van der Waals surface area (Å²) in [6, 6.07) is 1.76. The van der Waals surface area contributed by atoms with Crippen molar-refractivity contribution >= 4 is 11.9 Å². The van der Waals surface area contributed by atoms with Gasteiger partial charge in [-0.3, -0.25) is 9.48 Å². The van der Waals surface area contributed by atoms with Crippen LogP contribution >= 0.6 is 0 Å². The SMILES string of the molecule is Cc1cc(C(=O)/C=C/c2cnn(C)c2)c(C)o1. The number of hydrogen-bond acceptors (Lipinski definition) is 3. The van der Waals surface area contributed by atoms with E-state index in [0.717, 1.165) is 11.3 Å². The molecule has 17 heavy (non-hydrogen) atoms. The summed E-state index contributed by atoms with van der Waals surface area (Å²) in [5.41, 5.74) is 1.52. The average Bonchev–Trinajstić information content (AvgIpc) is 2.81. The van der Waals surface area contributed by atoms with Crippen molar-refractivity contribution in [2.45, 2.75) is 13.8 Å². The summed E-state index contributed by atoms with van der Waals surface area (Å²) in [6.45, 7) is 3.62. The number of nitrogens with zero attached hydrogens (tertiary/aromatic N) is 2. The number of rotatable bonds is 3. The lowest BCUT2D eigenvalue weighted by Gasteiger charge is -1.90. The summed E-state index contributed by atoms with van der Waals surface area (Å²) in [5, 5.41) is 4.02. The molecule has 0 aliphatic heterocycles. The van der Waals surface area contributed by atoms with Gasteiger partial charge in [-0.15, -0.1) is 0 Å². The van der Waals surface area contributed by atoms with Crippen molar-refractivity contribution in [2.24, 2.45) is 7.05 Å². The lowest BCUT2D eigenvalue weighted by atomic mass is 10.1. The van der Waals surface area contributed by atoms with E-state index in [0.29, 0.717) is 11.3 Å². The lowest BCUT2D eigenvalue weighted by molar-refractivity contribution is 0.104. The highest BCUT2D eigenvalue weighted by Gasteiger charge is 2.10. The number of carbonyl (C=O) groups excluding carboxylic acids is 1. The minimum absolute atomic E-state index is 0.0526. The molecule has 0 aliphatic carbocycles. The van der Waals surface area contributed by atoms with E-state index in [1.165, 1.54) is 6.08 Å². The Morgan fingerprint density at radius 2 is 2.24 bits per heavy atom. The Kier molecular flexibility index (Phi) is 2.95. The summed E-state index contributed by atoms with van der Waals surface area (Å²) < 4.78 is 7.01. The van der Waals surface area contributed by atoms with Crippen LogP contribution in [0.2, 0.25) is 0 Å². The topological polar surface area (TPSA) is 48.0 Å². The molecule has 0 saturated heterocycles. The van der Waals surface area contributed by atoms with Gasteiger partial charge >= 0.3 is 0 Å². The van der Waals surface area contributed by atoms with Crippen LogP contribution in [0.4, 0.5) is 0 Å². The van der Waals surface area contributed by atoms with Crippen LogP contribution in [-0.4, -0.2) is 15.6 Å². The molecule has 0 N–H and O–H groups in total. The molecular weight excluding hydrogens is 216 g/mol. The fraction of sp³-hybridized carbons (Fsp3) is 0.231. The fourth-order valence-electron chi connectivity index (χ4n) is 1.66. The van der Waals surface area contributed by atoms with E-state index in [1.807, 2.05) is 20.2 Å². The Morgan fingerprint density at radius 1 is 1.47 bits per heavy atom. The molecule has 2 rings (SSSR count). The quantitative estimate of drug-likeness (QED) is 0.601. The van der Waals surface area contributed by atoms with Crippen LogP contribution in [-0.2, 0) is 7.05 Å². The van der Waals surface area contributed by atoms with Crippen LogP contribution in [0, 0.1) is 13.8 Å². The third kappa shape index (κ3) is 2.53. The standard InChI is InChI=1S/C13H14N2O2/c1-9-6-12(10(2)17-9)13(16)5-4-11-7-14-15(3)8-11/h4-8H,1-3H3/b5-4+. The molecule has 0 atom stereocenters. The van der Waals surface area contributed by atoms with Crippen molar-refractivity contribution in [2.75, 3.05) is 0 Å². The third-order valence-corrected chi connectivity index (χ3v) is 2.46. The predicted octanol–water partition coefficient (Wildman–Crippen LogP) is 2.53. The zero-order valence-electron chi connectivity index (χ0n) is 10.1. The second-order valence-electron chi connectivity index (χ2n) is 3.97. The largest absolute Gasteiger partial charge is 0.466 e. The number of allylic oxidation sites excluding steroid dienone is 1. The Hall–Kier alpha value is -2.10. The Labute approximate surface area is 99.6 Å². The molecule has 88 valence electrons. The van der Waals surface area contributed by atoms with Crippen molar-refractivity contribution in [1.82, 2.24) is 9.78 Å². The monoisotopic (exact) mass is 230 g/mol. The van der Waals surface area contributed by atoms with Crippen molar-refractivity contribution in [3.8, 4) is 0 Å². The minimum atomic E-state index is -0.0526. The molecule has 0 fully saturated rings. The van der Waals surface area contributed by atoms with Crippen LogP contribution in [0.5, 0.6) is 0 Å². The van der Waals surface area contributed by atoms with Crippen LogP contribution in [0.3, 0.4) is 0 Å². The molecule has 0 radical (unpaired) electrons.